The standard InChI is InChI=1S/C8H9N3S/c9-11-8-5-1-3-7(10-8)4-2-6-12/h1,3,5,12H,6,9H2,(H,10,11). The number of pyridine rings is 1. The summed E-state index contributed by atoms with van der Waals surface area (Å²) in [6, 6.07) is 5.42. The van der Waals surface area contributed by atoms with Gasteiger partial charge in [0.1, 0.15) is 11.5 Å². The highest BCUT2D eigenvalue weighted by molar-refractivity contribution is 7.80. The molecule has 0 aliphatic rings. The van der Waals surface area contributed by atoms with Crippen molar-refractivity contribution in [3.8, 4) is 11.8 Å². The zero-order valence-electron chi connectivity index (χ0n) is 6.41. The Morgan fingerprint density at radius 1 is 1.58 bits per heavy atom. The highest BCUT2D eigenvalue weighted by Gasteiger charge is 1.90. The van der Waals surface area contributed by atoms with Gasteiger partial charge in [0.15, 0.2) is 0 Å². The zero-order valence-corrected chi connectivity index (χ0v) is 7.31. The Kier molecular flexibility index (Phi) is 3.45. The van der Waals surface area contributed by atoms with Gasteiger partial charge in [-0.3, -0.25) is 0 Å². The second-order valence-electron chi connectivity index (χ2n) is 2.01. The predicted molar refractivity (Wildman–Crippen MR) is 52.8 cm³/mol. The van der Waals surface area contributed by atoms with Crippen LogP contribution < -0.4 is 11.3 Å². The maximum atomic E-state index is 5.17. The molecule has 4 heteroatoms. The Balaban J connectivity index is 2.86. The molecule has 0 aromatic carbocycles. The molecule has 0 aliphatic heterocycles. The summed E-state index contributed by atoms with van der Waals surface area (Å²) in [6.07, 6.45) is 0. The van der Waals surface area contributed by atoms with Crippen LogP contribution in [0.4, 0.5) is 5.82 Å². The van der Waals surface area contributed by atoms with E-state index >= 15 is 0 Å². The largest absolute Gasteiger partial charge is 0.308 e. The summed E-state index contributed by atoms with van der Waals surface area (Å²) in [4.78, 5) is 4.09. The van der Waals surface area contributed by atoms with Crippen molar-refractivity contribution >= 4 is 18.4 Å². The summed E-state index contributed by atoms with van der Waals surface area (Å²) in [6.45, 7) is 0. The Labute approximate surface area is 76.8 Å². The van der Waals surface area contributed by atoms with Gasteiger partial charge in [0.25, 0.3) is 0 Å². The molecule has 0 saturated carbocycles. The fourth-order valence-corrected chi connectivity index (χ4v) is 0.794. The first-order chi connectivity index (χ1) is 5.86. The number of nitrogens with zero attached hydrogens (tertiary/aromatic N) is 1. The number of thiol groups is 1. The maximum absolute atomic E-state index is 5.17. The topological polar surface area (TPSA) is 50.9 Å². The number of hydrogen-bond donors (Lipinski definition) is 3. The van der Waals surface area contributed by atoms with Crippen LogP contribution in [0, 0.1) is 11.8 Å². The van der Waals surface area contributed by atoms with Crippen molar-refractivity contribution in [2.75, 3.05) is 11.2 Å². The Morgan fingerprint density at radius 3 is 3.08 bits per heavy atom. The van der Waals surface area contributed by atoms with Gasteiger partial charge in [-0.2, -0.15) is 12.6 Å². The van der Waals surface area contributed by atoms with Crippen molar-refractivity contribution in [1.82, 2.24) is 4.98 Å². The summed E-state index contributed by atoms with van der Waals surface area (Å²) >= 11 is 3.96. The quantitative estimate of drug-likeness (QED) is 0.257. The third kappa shape index (κ3) is 2.46. The van der Waals surface area contributed by atoms with E-state index in [4.69, 9.17) is 5.84 Å². The van der Waals surface area contributed by atoms with Crippen LogP contribution in [0.3, 0.4) is 0 Å². The lowest BCUT2D eigenvalue weighted by Gasteiger charge is -1.96. The molecule has 1 aromatic heterocycles. The molecule has 0 radical (unpaired) electrons. The minimum absolute atomic E-state index is 0.530. The Bertz CT molecular complexity index is 314. The minimum atomic E-state index is 0.530. The van der Waals surface area contributed by atoms with E-state index in [-0.39, 0.29) is 0 Å². The van der Waals surface area contributed by atoms with E-state index < -0.39 is 0 Å². The van der Waals surface area contributed by atoms with Crippen LogP contribution in [0.5, 0.6) is 0 Å². The molecule has 0 bridgehead atoms. The second-order valence-corrected chi connectivity index (χ2v) is 2.33. The van der Waals surface area contributed by atoms with Crippen LogP contribution in [0.2, 0.25) is 0 Å². The molecule has 12 heavy (non-hydrogen) atoms. The summed E-state index contributed by atoms with van der Waals surface area (Å²) in [5, 5.41) is 0. The molecule has 0 spiro atoms. The van der Waals surface area contributed by atoms with E-state index in [2.05, 4.69) is 34.9 Å². The lowest BCUT2D eigenvalue weighted by atomic mass is 10.3. The molecule has 3 nitrogen and oxygen atoms in total. The van der Waals surface area contributed by atoms with Crippen molar-refractivity contribution in [2.24, 2.45) is 5.84 Å². The van der Waals surface area contributed by atoms with Crippen LogP contribution in [-0.2, 0) is 0 Å². The average molecular weight is 179 g/mol. The number of anilines is 1. The van der Waals surface area contributed by atoms with E-state index in [0.717, 1.165) is 0 Å². The molecule has 0 atom stereocenters. The molecule has 1 heterocycles. The molecule has 3 N–H and O–H groups in total. The molecule has 0 fully saturated rings. The van der Waals surface area contributed by atoms with Crippen LogP contribution in [-0.4, -0.2) is 10.7 Å². The maximum Gasteiger partial charge on any atom is 0.141 e. The summed E-state index contributed by atoms with van der Waals surface area (Å²) in [7, 11) is 0. The summed E-state index contributed by atoms with van der Waals surface area (Å²) in [5.41, 5.74) is 3.14. The number of nitrogens with one attached hydrogen (secondary N) is 1. The molecule has 62 valence electrons. The van der Waals surface area contributed by atoms with Gasteiger partial charge in [-0.15, -0.1) is 0 Å². The molecule has 0 aliphatic carbocycles. The van der Waals surface area contributed by atoms with Crippen molar-refractivity contribution in [2.45, 2.75) is 0 Å². The minimum Gasteiger partial charge on any atom is -0.308 e. The first-order valence-electron chi connectivity index (χ1n) is 3.40. The number of nitrogen functional groups attached to an aromatic ring is 1. The lowest BCUT2D eigenvalue weighted by Crippen LogP contribution is -2.08. The molecule has 0 unspecified atom stereocenters. The lowest BCUT2D eigenvalue weighted by molar-refractivity contribution is 1.21. The fourth-order valence-electron chi connectivity index (χ4n) is 0.715. The van der Waals surface area contributed by atoms with Gasteiger partial charge in [0.2, 0.25) is 0 Å². The second kappa shape index (κ2) is 4.65. The average Bonchev–Trinajstić information content (AvgIpc) is 2.15. The van der Waals surface area contributed by atoms with Crippen molar-refractivity contribution < 1.29 is 0 Å². The van der Waals surface area contributed by atoms with E-state index in [1.54, 1.807) is 6.07 Å². The highest BCUT2D eigenvalue weighted by Crippen LogP contribution is 2.00. The van der Waals surface area contributed by atoms with Gasteiger partial charge >= 0.3 is 0 Å². The normalized spacial score (nSPS) is 8.50. The van der Waals surface area contributed by atoms with E-state index in [1.165, 1.54) is 0 Å². The van der Waals surface area contributed by atoms with Gasteiger partial charge < -0.3 is 5.43 Å². The predicted octanol–water partition coefficient (Wildman–Crippen LogP) is 0.649. The third-order valence-electron chi connectivity index (χ3n) is 1.19. The van der Waals surface area contributed by atoms with E-state index in [9.17, 15) is 0 Å². The molecule has 1 rings (SSSR count). The van der Waals surface area contributed by atoms with Crippen LogP contribution in [0.25, 0.3) is 0 Å². The molecule has 0 amide bonds. The molecule has 0 saturated heterocycles. The molecule has 1 aromatic rings. The number of hydrogen-bond acceptors (Lipinski definition) is 4. The smallest absolute Gasteiger partial charge is 0.141 e. The zero-order chi connectivity index (χ0) is 8.81. The van der Waals surface area contributed by atoms with Crippen molar-refractivity contribution in [1.29, 1.82) is 0 Å². The Hall–Kier alpha value is -1.18. The van der Waals surface area contributed by atoms with Gasteiger partial charge in [-0.1, -0.05) is 12.0 Å². The van der Waals surface area contributed by atoms with E-state index in [0.29, 0.717) is 17.3 Å². The fraction of sp³-hybridized carbons (Fsp3) is 0.125. The van der Waals surface area contributed by atoms with Gasteiger partial charge in [0, 0.05) is 0 Å². The van der Waals surface area contributed by atoms with Gasteiger partial charge in [-0.25, -0.2) is 10.8 Å². The van der Waals surface area contributed by atoms with Gasteiger partial charge in [0.05, 0.1) is 5.75 Å². The van der Waals surface area contributed by atoms with Crippen LogP contribution >= 0.6 is 12.6 Å². The monoisotopic (exact) mass is 179 g/mol. The number of hydrazine groups is 1. The van der Waals surface area contributed by atoms with Gasteiger partial charge in [-0.05, 0) is 18.1 Å². The molecular weight excluding hydrogens is 170 g/mol. The number of nitrogens with two attached hydrogens (primary N) is 1. The summed E-state index contributed by atoms with van der Waals surface area (Å²) < 4.78 is 0. The first-order valence-corrected chi connectivity index (χ1v) is 4.03. The van der Waals surface area contributed by atoms with Crippen LogP contribution in [0.15, 0.2) is 18.2 Å². The van der Waals surface area contributed by atoms with Crippen molar-refractivity contribution in [3.05, 3.63) is 23.9 Å². The highest BCUT2D eigenvalue weighted by atomic mass is 32.1. The Morgan fingerprint density at radius 2 is 2.42 bits per heavy atom. The third-order valence-corrected chi connectivity index (χ3v) is 1.35. The number of aromatic nitrogens is 1. The first kappa shape index (κ1) is 8.91. The number of rotatable bonds is 1. The van der Waals surface area contributed by atoms with Crippen LogP contribution in [0.1, 0.15) is 5.69 Å². The molecular formula is C8H9N3S. The van der Waals surface area contributed by atoms with E-state index in [1.807, 2.05) is 12.1 Å². The van der Waals surface area contributed by atoms with Crippen molar-refractivity contribution in [3.63, 3.8) is 0 Å². The SMILES string of the molecule is NNc1cccc(C#CCS)n1. The summed E-state index contributed by atoms with van der Waals surface area (Å²) in [5.74, 6) is 11.9.